The molecule has 0 aliphatic rings. The molecule has 0 amide bonds. The van der Waals surface area contributed by atoms with Gasteiger partial charge in [-0.25, -0.2) is 0 Å². The maximum absolute atomic E-state index is 0. The fourth-order valence-electron chi connectivity index (χ4n) is 0. The second-order valence-corrected chi connectivity index (χ2v) is 0. The predicted molar refractivity (Wildman–Crippen MR) is 7.61 cm³/mol. The third-order valence-corrected chi connectivity index (χ3v) is 0. The van der Waals surface area contributed by atoms with Gasteiger partial charge < -0.3 is 0 Å². The largest absolute Gasteiger partial charge is 0 e. The summed E-state index contributed by atoms with van der Waals surface area (Å²) in [7, 11) is 0. The molecule has 4 heavy (non-hydrogen) atoms. The zero-order valence-corrected chi connectivity index (χ0v) is 8.20. The maximum atomic E-state index is 0. The van der Waals surface area contributed by atoms with Gasteiger partial charge in [0.1, 0.15) is 0 Å². The van der Waals surface area contributed by atoms with Crippen LogP contribution in [0.5, 0.6) is 0 Å². The Morgan fingerprint density at radius 1 is 1.00 bits per heavy atom. The number of rotatable bonds is 0. The van der Waals surface area contributed by atoms with Crippen LogP contribution in [-0.2, 0) is 24.0 Å². The molecule has 0 aromatic heterocycles. The molecule has 0 aromatic rings. The van der Waals surface area contributed by atoms with Gasteiger partial charge in [-0.1, -0.05) is 0 Å². The Kier molecular flexibility index (Phi) is 155. The van der Waals surface area contributed by atoms with Gasteiger partial charge in [0.25, 0.3) is 0 Å². The second kappa shape index (κ2) is 18.5. The topological polar surface area (TPSA) is 28.5 Å². The molecule has 0 unspecified atom stereocenters. The first-order valence-electron chi connectivity index (χ1n) is 0. The van der Waals surface area contributed by atoms with Gasteiger partial charge in [0.05, 0.1) is 0 Å². The third kappa shape index (κ3) is 8.85. The standard InChI is InChI=1S/O.P.Th.V. The molecule has 0 saturated heterocycles. The van der Waals surface area contributed by atoms with Crippen LogP contribution >= 0.6 is 9.90 Å². The minimum absolute atomic E-state index is 0. The van der Waals surface area contributed by atoms with Crippen molar-refractivity contribution < 1.29 is 64.0 Å². The van der Waals surface area contributed by atoms with Crippen molar-refractivity contribution in [1.82, 2.24) is 0 Å². The van der Waals surface area contributed by atoms with E-state index in [-0.39, 0.29) is 73.9 Å². The fraction of sp³-hybridized carbons (Fsp3) is 0. The molecule has 0 aliphatic heterocycles. The zero-order valence-electron chi connectivity index (χ0n) is 1.80. The minimum atomic E-state index is 0. The number of hydrogen-bond donors (Lipinski definition) is 0. The van der Waals surface area contributed by atoms with Gasteiger partial charge >= 0.3 is 0 Å². The first-order valence-corrected chi connectivity index (χ1v) is 0. The summed E-state index contributed by atoms with van der Waals surface area (Å²) in [5.41, 5.74) is 0. The summed E-state index contributed by atoms with van der Waals surface area (Å²) in [4.78, 5) is 0. The van der Waals surface area contributed by atoms with Crippen molar-refractivity contribution in [2.24, 2.45) is 0 Å². The van der Waals surface area contributed by atoms with Crippen molar-refractivity contribution in [1.29, 1.82) is 0 Å². The molecule has 6 radical (unpaired) electrons. The second-order valence-electron chi connectivity index (χ2n) is 0. The Balaban J connectivity index is 0. The van der Waals surface area contributed by atoms with Crippen molar-refractivity contribution in [2.75, 3.05) is 0 Å². The molecule has 0 N–H and O–H groups in total. The van der Waals surface area contributed by atoms with Crippen molar-refractivity contribution in [3.8, 4) is 0 Å². The van der Waals surface area contributed by atoms with E-state index < -0.39 is 0 Å². The van der Waals surface area contributed by atoms with Gasteiger partial charge in [-0.05, 0) is 0 Å². The maximum Gasteiger partial charge on any atom is 0 e. The Morgan fingerprint density at radius 3 is 1.00 bits per heavy atom. The van der Waals surface area contributed by atoms with E-state index in [1.165, 1.54) is 0 Å². The van der Waals surface area contributed by atoms with Crippen molar-refractivity contribution in [3.05, 3.63) is 0 Å². The summed E-state index contributed by atoms with van der Waals surface area (Å²) in [6.45, 7) is 0. The Bertz CT molecular complexity index is 8.00. The van der Waals surface area contributed by atoms with E-state index in [2.05, 4.69) is 0 Å². The number of hydrogen-bond acceptors (Lipinski definition) is 0. The van der Waals surface area contributed by atoms with Crippen molar-refractivity contribution >= 4 is 9.90 Å². The SMILES string of the molecule is [O].[P].[Th].[V]. The molecule has 0 bridgehead atoms. The summed E-state index contributed by atoms with van der Waals surface area (Å²) in [6, 6.07) is 0. The monoisotopic (exact) mass is 330 g/mol. The van der Waals surface area contributed by atoms with Crippen LogP contribution in [0.25, 0.3) is 0 Å². The van der Waals surface area contributed by atoms with Gasteiger partial charge in [0.15, 0.2) is 0 Å². The van der Waals surface area contributed by atoms with Crippen LogP contribution in [0.3, 0.4) is 0 Å². The van der Waals surface area contributed by atoms with Crippen LogP contribution in [0.4, 0.5) is 0 Å². The molecule has 0 saturated carbocycles. The molecule has 0 rings (SSSR count). The predicted octanol–water partition coefficient (Wildman–Crippen LogP) is 0.740. The molecule has 0 aliphatic carbocycles. The quantitative estimate of drug-likeness (QED) is 0.587. The first-order chi connectivity index (χ1) is 0. The summed E-state index contributed by atoms with van der Waals surface area (Å²) in [6.07, 6.45) is 0. The molecule has 4 heteroatoms. The van der Waals surface area contributed by atoms with Gasteiger partial charge in [-0.2, -0.15) is 0 Å². The van der Waals surface area contributed by atoms with E-state index in [0.29, 0.717) is 0 Å². The van der Waals surface area contributed by atoms with Crippen LogP contribution in [0.15, 0.2) is 0 Å². The summed E-state index contributed by atoms with van der Waals surface area (Å²) < 4.78 is 0. The normalized spacial score (nSPS) is 0. The third-order valence-electron chi connectivity index (χ3n) is 0. The smallest absolute Gasteiger partial charge is 0 e. The Morgan fingerprint density at radius 2 is 1.00 bits per heavy atom. The van der Waals surface area contributed by atoms with Crippen LogP contribution in [-0.4, -0.2) is 0 Å². The van der Waals surface area contributed by atoms with Gasteiger partial charge in [-0.3, -0.25) is 0 Å². The molecule has 1 nitrogen and oxygen atoms in total. The van der Waals surface area contributed by atoms with Crippen molar-refractivity contribution in [3.63, 3.8) is 0 Å². The summed E-state index contributed by atoms with van der Waals surface area (Å²) in [5, 5.41) is 0. The van der Waals surface area contributed by atoms with E-state index in [1.54, 1.807) is 0 Å². The molecule has 0 heterocycles. The molecular formula is OPThV. The van der Waals surface area contributed by atoms with Crippen LogP contribution in [0, 0.1) is 39.9 Å². The summed E-state index contributed by atoms with van der Waals surface area (Å²) >= 11 is 0. The van der Waals surface area contributed by atoms with Gasteiger partial charge in [0.2, 0.25) is 0 Å². The minimum Gasteiger partial charge on any atom is 0 e. The first kappa shape index (κ1) is 33.5. The Hall–Kier alpha value is 2.30. The van der Waals surface area contributed by atoms with E-state index >= 15 is 0 Å². The van der Waals surface area contributed by atoms with Crippen LogP contribution in [0.2, 0.25) is 0 Å². The van der Waals surface area contributed by atoms with E-state index in [1.807, 2.05) is 0 Å². The summed E-state index contributed by atoms with van der Waals surface area (Å²) in [5.74, 6) is 0. The fourth-order valence-corrected chi connectivity index (χ4v) is 0. The molecule has 0 atom stereocenters. The Labute approximate surface area is 72.8 Å². The molecule has 0 spiro atoms. The average Bonchev–Trinajstić information content (AvgIpc) is 0. The van der Waals surface area contributed by atoms with E-state index in [9.17, 15) is 0 Å². The molecule has 0 aromatic carbocycles. The van der Waals surface area contributed by atoms with Gasteiger partial charge in [0, 0.05) is 73.9 Å². The zero-order chi connectivity index (χ0) is 0. The van der Waals surface area contributed by atoms with Crippen LogP contribution in [0.1, 0.15) is 0 Å². The molecular weight excluding hydrogens is 330 g/mol. The van der Waals surface area contributed by atoms with E-state index in [0.717, 1.165) is 0 Å². The van der Waals surface area contributed by atoms with Crippen LogP contribution < -0.4 is 0 Å². The van der Waals surface area contributed by atoms with E-state index in [4.69, 9.17) is 0 Å². The molecule has 0 fully saturated rings. The van der Waals surface area contributed by atoms with Crippen molar-refractivity contribution in [2.45, 2.75) is 0 Å². The molecule has 20 valence electrons. The van der Waals surface area contributed by atoms with Gasteiger partial charge in [-0.15, -0.1) is 0 Å². The average molecular weight is 330 g/mol.